The van der Waals surface area contributed by atoms with Crippen molar-refractivity contribution in [3.05, 3.63) is 71.7 Å². The average molecular weight is 356 g/mol. The summed E-state index contributed by atoms with van der Waals surface area (Å²) in [4.78, 5) is 6.45. The van der Waals surface area contributed by atoms with Crippen LogP contribution in [-0.4, -0.2) is 31.3 Å². The second-order valence-electron chi connectivity index (χ2n) is 6.11. The van der Waals surface area contributed by atoms with Crippen LogP contribution in [0.5, 0.6) is 0 Å². The summed E-state index contributed by atoms with van der Waals surface area (Å²) in [7, 11) is 0. The second kappa shape index (κ2) is 15.2. The van der Waals surface area contributed by atoms with E-state index in [0.29, 0.717) is 0 Å². The van der Waals surface area contributed by atoms with E-state index in [9.17, 15) is 0 Å². The zero-order chi connectivity index (χ0) is 19.8. The monoisotopic (exact) mass is 355 g/mol. The highest BCUT2D eigenvalue weighted by Crippen LogP contribution is 2.20. The van der Waals surface area contributed by atoms with Crippen LogP contribution in [0, 0.1) is 0 Å². The fraction of sp³-hybridized carbons (Fsp3) is 0.435. The molecule has 0 saturated heterocycles. The average Bonchev–Trinajstić information content (AvgIpc) is 2.66. The Bertz CT molecular complexity index is 574. The summed E-state index contributed by atoms with van der Waals surface area (Å²) < 4.78 is 0. The molecular weight excluding hydrogens is 318 g/mol. The van der Waals surface area contributed by atoms with E-state index in [1.165, 1.54) is 6.42 Å². The lowest BCUT2D eigenvalue weighted by Crippen LogP contribution is -2.24. The molecule has 0 amide bonds. The Labute approximate surface area is 161 Å². The van der Waals surface area contributed by atoms with Gasteiger partial charge in [0.05, 0.1) is 0 Å². The van der Waals surface area contributed by atoms with Gasteiger partial charge in [-0.25, -0.2) is 0 Å². The summed E-state index contributed by atoms with van der Waals surface area (Å²) in [6.07, 6.45) is 17.0. The first-order chi connectivity index (χ1) is 12.6. The van der Waals surface area contributed by atoms with Gasteiger partial charge in [0.25, 0.3) is 0 Å². The van der Waals surface area contributed by atoms with Crippen molar-refractivity contribution in [3.8, 4) is 0 Å². The molecule has 0 radical (unpaired) electrons. The van der Waals surface area contributed by atoms with Gasteiger partial charge in [-0.05, 0) is 80.6 Å². The van der Waals surface area contributed by atoms with Crippen LogP contribution in [0.3, 0.4) is 0 Å². The standard InChI is InChI=1S/C23H37N3/c1-7-13-22(17-21(9-3)20(5)18-24)23(19-25-6)14-11-12-16-26(10-4)15-8-2/h9,11,13-14,17-19H,3,6-8,10,12,15-16,24H2,1-2,4-5H3/b14-11-,20-18+,21-17-,22-13+,23-19+. The van der Waals surface area contributed by atoms with Gasteiger partial charge in [-0.15, -0.1) is 0 Å². The Hall–Kier alpha value is -2.13. The molecule has 0 aromatic rings. The summed E-state index contributed by atoms with van der Waals surface area (Å²) in [6, 6.07) is 0. The van der Waals surface area contributed by atoms with Crippen molar-refractivity contribution in [2.45, 2.75) is 47.0 Å². The molecule has 3 heteroatoms. The first-order valence-electron chi connectivity index (χ1n) is 9.56. The van der Waals surface area contributed by atoms with Crippen molar-refractivity contribution >= 4 is 6.72 Å². The van der Waals surface area contributed by atoms with Gasteiger partial charge in [-0.1, -0.05) is 51.7 Å². The molecule has 0 spiro atoms. The molecule has 0 heterocycles. The maximum Gasteiger partial charge on any atom is 0.0338 e. The van der Waals surface area contributed by atoms with E-state index in [2.05, 4.69) is 68.3 Å². The van der Waals surface area contributed by atoms with E-state index in [1.54, 1.807) is 12.4 Å². The van der Waals surface area contributed by atoms with E-state index in [1.807, 2.05) is 13.0 Å². The number of nitrogens with zero attached hydrogens (tertiary/aromatic N) is 2. The van der Waals surface area contributed by atoms with Crippen molar-refractivity contribution in [3.63, 3.8) is 0 Å². The molecule has 0 aromatic carbocycles. The Morgan fingerprint density at radius 3 is 2.35 bits per heavy atom. The third kappa shape index (κ3) is 9.38. The maximum absolute atomic E-state index is 5.67. The predicted octanol–water partition coefficient (Wildman–Crippen LogP) is 5.56. The number of aliphatic imine (C=N–C) groups is 1. The third-order valence-electron chi connectivity index (χ3n) is 4.12. The van der Waals surface area contributed by atoms with Crippen LogP contribution in [0.15, 0.2) is 76.6 Å². The Balaban J connectivity index is 5.40. The van der Waals surface area contributed by atoms with Crippen molar-refractivity contribution in [1.82, 2.24) is 4.90 Å². The largest absolute Gasteiger partial charge is 0.404 e. The molecule has 0 aliphatic carbocycles. The van der Waals surface area contributed by atoms with Crippen LogP contribution in [0.4, 0.5) is 0 Å². The van der Waals surface area contributed by atoms with Crippen molar-refractivity contribution < 1.29 is 0 Å². The zero-order valence-corrected chi connectivity index (χ0v) is 17.2. The van der Waals surface area contributed by atoms with Gasteiger partial charge < -0.3 is 10.6 Å². The fourth-order valence-electron chi connectivity index (χ4n) is 2.60. The van der Waals surface area contributed by atoms with Gasteiger partial charge >= 0.3 is 0 Å². The van der Waals surface area contributed by atoms with E-state index >= 15 is 0 Å². The Morgan fingerprint density at radius 2 is 1.85 bits per heavy atom. The lowest BCUT2D eigenvalue weighted by atomic mass is 9.99. The summed E-state index contributed by atoms with van der Waals surface area (Å²) in [5.41, 5.74) is 9.82. The van der Waals surface area contributed by atoms with Crippen LogP contribution < -0.4 is 5.73 Å². The van der Waals surface area contributed by atoms with E-state index in [0.717, 1.165) is 54.8 Å². The third-order valence-corrected chi connectivity index (χ3v) is 4.12. The molecule has 0 unspecified atom stereocenters. The second-order valence-corrected chi connectivity index (χ2v) is 6.11. The molecular formula is C23H37N3. The maximum atomic E-state index is 5.67. The van der Waals surface area contributed by atoms with E-state index in [4.69, 9.17) is 5.73 Å². The number of allylic oxidation sites excluding steroid dienone is 8. The topological polar surface area (TPSA) is 41.6 Å². The SMILES string of the molecule is C=CC(=C/C(=C\CC)C(/C=C\CCN(CC)CCC)=C/N=C)/C(C)=C/N. The molecule has 3 nitrogen and oxygen atoms in total. The zero-order valence-electron chi connectivity index (χ0n) is 17.2. The molecule has 0 bridgehead atoms. The first kappa shape index (κ1) is 23.9. The van der Waals surface area contributed by atoms with Crippen LogP contribution >= 0.6 is 0 Å². The van der Waals surface area contributed by atoms with E-state index in [-0.39, 0.29) is 0 Å². The normalized spacial score (nSPS) is 14.3. The number of nitrogens with two attached hydrogens (primary N) is 1. The predicted molar refractivity (Wildman–Crippen MR) is 118 cm³/mol. The fourth-order valence-corrected chi connectivity index (χ4v) is 2.60. The lowest BCUT2D eigenvalue weighted by Gasteiger charge is -2.18. The molecule has 0 aliphatic heterocycles. The van der Waals surface area contributed by atoms with Crippen LogP contribution in [0.25, 0.3) is 0 Å². The van der Waals surface area contributed by atoms with Gasteiger partial charge in [0.2, 0.25) is 0 Å². The minimum atomic E-state index is 0.935. The smallest absolute Gasteiger partial charge is 0.0338 e. The molecule has 26 heavy (non-hydrogen) atoms. The van der Waals surface area contributed by atoms with Gasteiger partial charge in [-0.2, -0.15) is 0 Å². The Morgan fingerprint density at radius 1 is 1.12 bits per heavy atom. The van der Waals surface area contributed by atoms with Gasteiger partial charge in [-0.3, -0.25) is 4.99 Å². The van der Waals surface area contributed by atoms with Crippen molar-refractivity contribution in [2.24, 2.45) is 10.7 Å². The highest BCUT2D eigenvalue weighted by atomic mass is 15.1. The van der Waals surface area contributed by atoms with Crippen molar-refractivity contribution in [2.75, 3.05) is 19.6 Å². The van der Waals surface area contributed by atoms with Gasteiger partial charge in [0.15, 0.2) is 0 Å². The van der Waals surface area contributed by atoms with Crippen LogP contribution in [0.1, 0.15) is 47.0 Å². The minimum Gasteiger partial charge on any atom is -0.404 e. The van der Waals surface area contributed by atoms with Crippen LogP contribution in [0.2, 0.25) is 0 Å². The summed E-state index contributed by atoms with van der Waals surface area (Å²) in [5, 5.41) is 0. The number of hydrogen-bond acceptors (Lipinski definition) is 3. The molecule has 0 saturated carbocycles. The summed E-state index contributed by atoms with van der Waals surface area (Å²) >= 11 is 0. The molecule has 0 aromatic heterocycles. The molecule has 2 N–H and O–H groups in total. The minimum absolute atomic E-state index is 0.935. The molecule has 0 aliphatic rings. The molecule has 144 valence electrons. The summed E-state index contributed by atoms with van der Waals surface area (Å²) in [6.45, 7) is 19.4. The van der Waals surface area contributed by atoms with Crippen LogP contribution in [-0.2, 0) is 0 Å². The van der Waals surface area contributed by atoms with Crippen molar-refractivity contribution in [1.29, 1.82) is 0 Å². The quantitative estimate of drug-likeness (QED) is 0.347. The highest BCUT2D eigenvalue weighted by Gasteiger charge is 2.03. The lowest BCUT2D eigenvalue weighted by molar-refractivity contribution is 0.294. The van der Waals surface area contributed by atoms with E-state index < -0.39 is 0 Å². The molecule has 0 atom stereocenters. The van der Waals surface area contributed by atoms with Gasteiger partial charge in [0, 0.05) is 12.7 Å². The number of rotatable bonds is 13. The van der Waals surface area contributed by atoms with Gasteiger partial charge in [0.1, 0.15) is 0 Å². The number of hydrogen-bond donors (Lipinski definition) is 1. The molecule has 0 rings (SSSR count). The molecule has 0 fully saturated rings. The highest BCUT2D eigenvalue weighted by molar-refractivity contribution is 5.53. The summed E-state index contributed by atoms with van der Waals surface area (Å²) in [5.74, 6) is 0. The Kier molecular flexibility index (Phi) is 13.9. The first-order valence-corrected chi connectivity index (χ1v) is 9.56.